The van der Waals surface area contributed by atoms with E-state index in [4.69, 9.17) is 5.73 Å². The highest BCUT2D eigenvalue weighted by Crippen LogP contribution is 2.20. The summed E-state index contributed by atoms with van der Waals surface area (Å²) in [6, 6.07) is 10.9. The number of carbonyl (C=O) groups is 2. The topological polar surface area (TPSA) is 90.0 Å². The van der Waals surface area contributed by atoms with E-state index in [-0.39, 0.29) is 5.91 Å². The maximum absolute atomic E-state index is 12.0. The molecule has 0 saturated carbocycles. The second kappa shape index (κ2) is 6.41. The van der Waals surface area contributed by atoms with Crippen LogP contribution in [0.5, 0.6) is 0 Å². The first-order chi connectivity index (χ1) is 11.2. The van der Waals surface area contributed by atoms with E-state index in [0.717, 1.165) is 23.0 Å². The number of nitrogens with zero attached hydrogens (tertiary/aromatic N) is 2. The van der Waals surface area contributed by atoms with Gasteiger partial charge in [0.25, 0.3) is 5.91 Å². The minimum absolute atomic E-state index is 0.162. The van der Waals surface area contributed by atoms with Crippen LogP contribution in [0.25, 0.3) is 16.7 Å². The van der Waals surface area contributed by atoms with Crippen LogP contribution in [0, 0.1) is 0 Å². The fraction of sp³-hybridized carbons (Fsp3) is 0.118. The molecule has 0 radical (unpaired) electrons. The van der Waals surface area contributed by atoms with Crippen molar-refractivity contribution in [1.82, 2.24) is 14.9 Å². The van der Waals surface area contributed by atoms with Gasteiger partial charge in [-0.1, -0.05) is 6.07 Å². The molecule has 3 rings (SSSR count). The number of benzene rings is 1. The van der Waals surface area contributed by atoms with Crippen LogP contribution in [0.1, 0.15) is 20.7 Å². The third-order valence-corrected chi connectivity index (χ3v) is 3.50. The van der Waals surface area contributed by atoms with Gasteiger partial charge in [0.05, 0.1) is 0 Å². The molecule has 0 bridgehead atoms. The quantitative estimate of drug-likeness (QED) is 0.699. The van der Waals surface area contributed by atoms with Gasteiger partial charge >= 0.3 is 0 Å². The molecule has 6 heteroatoms. The zero-order valence-corrected chi connectivity index (χ0v) is 12.4. The molecule has 6 nitrogen and oxygen atoms in total. The van der Waals surface area contributed by atoms with E-state index in [9.17, 15) is 9.59 Å². The Labute approximate surface area is 132 Å². The standard InChI is InChI=1S/C17H16N4O2/c18-5-6-19-17(23)14-2-1-3-15(9-14)21-7-4-13-8-12(11-22)10-20-16(13)21/h1-4,7-11H,5-6,18H2,(H,19,23). The lowest BCUT2D eigenvalue weighted by atomic mass is 10.2. The molecule has 3 N–H and O–H groups in total. The first-order valence-corrected chi connectivity index (χ1v) is 7.24. The fourth-order valence-corrected chi connectivity index (χ4v) is 2.40. The normalized spacial score (nSPS) is 10.7. The Morgan fingerprint density at radius 2 is 2.17 bits per heavy atom. The third-order valence-electron chi connectivity index (χ3n) is 3.50. The number of nitrogens with one attached hydrogen (secondary N) is 1. The number of fused-ring (bicyclic) bond motifs is 1. The Kier molecular flexibility index (Phi) is 4.16. The lowest BCUT2D eigenvalue weighted by Crippen LogP contribution is -2.29. The highest BCUT2D eigenvalue weighted by Gasteiger charge is 2.09. The van der Waals surface area contributed by atoms with Crippen molar-refractivity contribution in [2.75, 3.05) is 13.1 Å². The molecular weight excluding hydrogens is 292 g/mol. The summed E-state index contributed by atoms with van der Waals surface area (Å²) in [4.78, 5) is 27.2. The van der Waals surface area contributed by atoms with Crippen molar-refractivity contribution >= 4 is 23.2 Å². The number of hydrogen-bond acceptors (Lipinski definition) is 4. The summed E-state index contributed by atoms with van der Waals surface area (Å²) >= 11 is 0. The molecule has 0 atom stereocenters. The van der Waals surface area contributed by atoms with Crippen LogP contribution < -0.4 is 11.1 Å². The summed E-state index contributed by atoms with van der Waals surface area (Å²) in [5.74, 6) is -0.162. The minimum Gasteiger partial charge on any atom is -0.351 e. The summed E-state index contributed by atoms with van der Waals surface area (Å²) in [6.45, 7) is 0.836. The van der Waals surface area contributed by atoms with Crippen LogP contribution in [-0.4, -0.2) is 34.8 Å². The molecule has 0 aliphatic carbocycles. The molecule has 23 heavy (non-hydrogen) atoms. The van der Waals surface area contributed by atoms with Crippen LogP contribution in [0.3, 0.4) is 0 Å². The number of nitrogens with two attached hydrogens (primary N) is 1. The number of amides is 1. The predicted octanol–water partition coefficient (Wildman–Crippen LogP) is 1.53. The van der Waals surface area contributed by atoms with Gasteiger partial charge in [0.1, 0.15) is 5.65 Å². The first-order valence-electron chi connectivity index (χ1n) is 7.24. The van der Waals surface area contributed by atoms with Crippen molar-refractivity contribution in [1.29, 1.82) is 0 Å². The van der Waals surface area contributed by atoms with E-state index in [2.05, 4.69) is 10.3 Å². The van der Waals surface area contributed by atoms with Crippen molar-refractivity contribution in [3.05, 3.63) is 59.9 Å². The largest absolute Gasteiger partial charge is 0.351 e. The summed E-state index contributed by atoms with van der Waals surface area (Å²) in [7, 11) is 0. The molecule has 0 aliphatic rings. The van der Waals surface area contributed by atoms with Crippen LogP contribution in [0.15, 0.2) is 48.8 Å². The van der Waals surface area contributed by atoms with E-state index in [1.165, 1.54) is 6.20 Å². The maximum Gasteiger partial charge on any atom is 0.251 e. The summed E-state index contributed by atoms with van der Waals surface area (Å²) in [5, 5.41) is 3.61. The Balaban J connectivity index is 1.99. The van der Waals surface area contributed by atoms with E-state index >= 15 is 0 Å². The van der Waals surface area contributed by atoms with Crippen LogP contribution in [-0.2, 0) is 0 Å². The van der Waals surface area contributed by atoms with Gasteiger partial charge in [0.2, 0.25) is 0 Å². The Hall–Kier alpha value is -2.99. The molecule has 0 unspecified atom stereocenters. The van der Waals surface area contributed by atoms with E-state index in [0.29, 0.717) is 24.2 Å². The number of rotatable bonds is 5. The van der Waals surface area contributed by atoms with Crippen LogP contribution in [0.4, 0.5) is 0 Å². The summed E-state index contributed by atoms with van der Waals surface area (Å²) < 4.78 is 1.88. The predicted molar refractivity (Wildman–Crippen MR) is 87.8 cm³/mol. The van der Waals surface area contributed by atoms with Gasteiger partial charge in [0.15, 0.2) is 6.29 Å². The molecule has 0 spiro atoms. The maximum atomic E-state index is 12.0. The third kappa shape index (κ3) is 2.97. The monoisotopic (exact) mass is 308 g/mol. The SMILES string of the molecule is NCCNC(=O)c1cccc(-n2ccc3cc(C=O)cnc32)c1. The second-order valence-electron chi connectivity index (χ2n) is 5.08. The molecule has 0 fully saturated rings. The molecule has 116 valence electrons. The first kappa shape index (κ1) is 14.9. The second-order valence-corrected chi connectivity index (χ2v) is 5.08. The fourth-order valence-electron chi connectivity index (χ4n) is 2.40. The van der Waals surface area contributed by atoms with Gasteiger partial charge in [-0.15, -0.1) is 0 Å². The summed E-state index contributed by atoms with van der Waals surface area (Å²) in [6.07, 6.45) is 4.17. The lowest BCUT2D eigenvalue weighted by Gasteiger charge is -2.08. The van der Waals surface area contributed by atoms with Gasteiger partial charge in [-0.3, -0.25) is 9.59 Å². The lowest BCUT2D eigenvalue weighted by molar-refractivity contribution is 0.0954. The Bertz CT molecular complexity index is 870. The van der Waals surface area contributed by atoms with Gasteiger partial charge in [-0.25, -0.2) is 4.98 Å². The van der Waals surface area contributed by atoms with Crippen molar-refractivity contribution in [2.45, 2.75) is 0 Å². The Morgan fingerprint density at radius 3 is 2.96 bits per heavy atom. The molecule has 2 aromatic heterocycles. The van der Waals surface area contributed by atoms with Crippen molar-refractivity contribution < 1.29 is 9.59 Å². The smallest absolute Gasteiger partial charge is 0.251 e. The minimum atomic E-state index is -0.162. The highest BCUT2D eigenvalue weighted by atomic mass is 16.1. The number of aromatic nitrogens is 2. The van der Waals surface area contributed by atoms with E-state index in [1.807, 2.05) is 29.0 Å². The average molecular weight is 308 g/mol. The van der Waals surface area contributed by atoms with Crippen LogP contribution in [0.2, 0.25) is 0 Å². The van der Waals surface area contributed by atoms with Crippen LogP contribution >= 0.6 is 0 Å². The number of hydrogen-bond donors (Lipinski definition) is 2. The van der Waals surface area contributed by atoms with Gasteiger partial charge < -0.3 is 15.6 Å². The van der Waals surface area contributed by atoms with Crippen molar-refractivity contribution in [3.8, 4) is 5.69 Å². The number of carbonyl (C=O) groups excluding carboxylic acids is 2. The Morgan fingerprint density at radius 1 is 1.30 bits per heavy atom. The molecule has 0 aliphatic heterocycles. The number of pyridine rings is 1. The molecular formula is C17H16N4O2. The molecule has 1 amide bonds. The van der Waals surface area contributed by atoms with Gasteiger partial charge in [-0.05, 0) is 30.3 Å². The zero-order chi connectivity index (χ0) is 16.2. The molecule has 3 aromatic rings. The van der Waals surface area contributed by atoms with Crippen molar-refractivity contribution in [3.63, 3.8) is 0 Å². The summed E-state index contributed by atoms with van der Waals surface area (Å²) in [5.41, 5.74) is 8.04. The van der Waals surface area contributed by atoms with E-state index in [1.54, 1.807) is 18.2 Å². The van der Waals surface area contributed by atoms with Crippen molar-refractivity contribution in [2.24, 2.45) is 5.73 Å². The van der Waals surface area contributed by atoms with Gasteiger partial charge in [0, 0.05) is 47.7 Å². The average Bonchev–Trinajstić information content (AvgIpc) is 3.02. The molecule has 0 saturated heterocycles. The van der Waals surface area contributed by atoms with Gasteiger partial charge in [-0.2, -0.15) is 0 Å². The zero-order valence-electron chi connectivity index (χ0n) is 12.4. The molecule has 1 aromatic carbocycles. The highest BCUT2D eigenvalue weighted by molar-refractivity contribution is 5.95. The number of aldehydes is 1. The molecule has 2 heterocycles. The van der Waals surface area contributed by atoms with E-state index < -0.39 is 0 Å².